The minimum absolute atomic E-state index is 0.197. The lowest BCUT2D eigenvalue weighted by Crippen LogP contribution is -2.27. The largest absolute Gasteiger partial charge is 0.477 e. The average Bonchev–Trinajstić information content (AvgIpc) is 3.27. The molecule has 0 aliphatic heterocycles. The first-order valence-electron chi connectivity index (χ1n) is 7.90. The molecule has 1 amide bonds. The van der Waals surface area contributed by atoms with Crippen LogP contribution in [0.2, 0.25) is 0 Å². The molecule has 1 unspecified atom stereocenters. The lowest BCUT2D eigenvalue weighted by Gasteiger charge is -2.11. The van der Waals surface area contributed by atoms with Crippen LogP contribution < -0.4 is 5.32 Å². The maximum atomic E-state index is 12.7. The van der Waals surface area contributed by atoms with Gasteiger partial charge in [-0.1, -0.05) is 0 Å². The van der Waals surface area contributed by atoms with Gasteiger partial charge in [0, 0.05) is 23.0 Å². The number of nitrogens with zero attached hydrogens (tertiary/aromatic N) is 3. The van der Waals surface area contributed by atoms with E-state index in [1.807, 2.05) is 29.9 Å². The monoisotopic (exact) mass is 390 g/mol. The van der Waals surface area contributed by atoms with Crippen LogP contribution in [0, 0.1) is 20.8 Å². The Morgan fingerprint density at radius 2 is 2.04 bits per heavy atom. The summed E-state index contributed by atoms with van der Waals surface area (Å²) in [6, 6.07) is 1.44. The zero-order chi connectivity index (χ0) is 19.0. The fourth-order valence-electron chi connectivity index (χ4n) is 2.75. The van der Waals surface area contributed by atoms with Crippen LogP contribution in [0.15, 0.2) is 17.6 Å². The van der Waals surface area contributed by atoms with Crippen molar-refractivity contribution in [3.63, 3.8) is 0 Å². The molecule has 0 bridgehead atoms. The smallest absolute Gasteiger partial charge is 0.347 e. The predicted molar refractivity (Wildman–Crippen MR) is 101 cm³/mol. The number of carbonyl (C=O) groups is 2. The molecular formula is C17H18N4O3S2. The van der Waals surface area contributed by atoms with Gasteiger partial charge in [-0.25, -0.2) is 14.8 Å². The van der Waals surface area contributed by atoms with Crippen LogP contribution in [-0.2, 0) is 0 Å². The van der Waals surface area contributed by atoms with Crippen LogP contribution in [0.1, 0.15) is 55.1 Å². The van der Waals surface area contributed by atoms with E-state index >= 15 is 0 Å². The molecule has 0 aliphatic carbocycles. The number of carbonyl (C=O) groups excluding carboxylic acids is 1. The first-order valence-corrected chi connectivity index (χ1v) is 9.59. The molecule has 9 heteroatoms. The highest BCUT2D eigenvalue weighted by molar-refractivity contribution is 7.13. The Labute approximate surface area is 158 Å². The summed E-state index contributed by atoms with van der Waals surface area (Å²) < 4.78 is 1.94. The molecule has 0 radical (unpaired) electrons. The van der Waals surface area contributed by atoms with Gasteiger partial charge in [-0.3, -0.25) is 9.36 Å². The van der Waals surface area contributed by atoms with Crippen LogP contribution in [0.4, 0.5) is 0 Å². The summed E-state index contributed by atoms with van der Waals surface area (Å²) in [7, 11) is 0. The molecule has 0 spiro atoms. The summed E-state index contributed by atoms with van der Waals surface area (Å²) in [5.41, 5.74) is 2.76. The van der Waals surface area contributed by atoms with Crippen molar-refractivity contribution in [2.24, 2.45) is 0 Å². The normalized spacial score (nSPS) is 12.2. The van der Waals surface area contributed by atoms with Gasteiger partial charge in [0.25, 0.3) is 5.91 Å². The second kappa shape index (κ2) is 7.00. The van der Waals surface area contributed by atoms with Gasteiger partial charge in [-0.2, -0.15) is 0 Å². The zero-order valence-electron chi connectivity index (χ0n) is 14.7. The number of nitrogens with one attached hydrogen (secondary N) is 1. The molecule has 2 N–H and O–H groups in total. The molecule has 3 heterocycles. The first-order chi connectivity index (χ1) is 12.3. The van der Waals surface area contributed by atoms with E-state index in [9.17, 15) is 9.59 Å². The third-order valence-corrected chi connectivity index (χ3v) is 6.10. The molecule has 3 rings (SSSR count). The number of hydrogen-bond donors (Lipinski definition) is 2. The standard InChI is InChI=1S/C17H18N4O3S2/c1-8-7-12(11(4)21(8)17-18-5-6-25-17)14(22)19-10(3)15-20-9(2)13(26-15)16(23)24/h5-7,10H,1-4H3,(H,19,22)(H,23,24). The molecule has 26 heavy (non-hydrogen) atoms. The third-order valence-electron chi connectivity index (χ3n) is 4.01. The number of aromatic nitrogens is 3. The number of amides is 1. The quantitative estimate of drug-likeness (QED) is 0.695. The second-order valence-corrected chi connectivity index (χ2v) is 7.81. The third kappa shape index (κ3) is 3.27. The Bertz CT molecular complexity index is 973. The van der Waals surface area contributed by atoms with Crippen LogP contribution in [0.25, 0.3) is 5.13 Å². The number of aryl methyl sites for hydroxylation is 2. The van der Waals surface area contributed by atoms with Crippen molar-refractivity contribution in [1.29, 1.82) is 0 Å². The maximum Gasteiger partial charge on any atom is 0.347 e. The number of carboxylic acid groups (broad SMARTS) is 1. The van der Waals surface area contributed by atoms with Crippen LogP contribution in [0.5, 0.6) is 0 Å². The van der Waals surface area contributed by atoms with E-state index in [1.54, 1.807) is 20.0 Å². The molecule has 0 saturated heterocycles. The molecule has 0 aliphatic rings. The second-order valence-electron chi connectivity index (χ2n) is 5.90. The van der Waals surface area contributed by atoms with Crippen molar-refractivity contribution >= 4 is 34.6 Å². The molecule has 1 atom stereocenters. The minimum atomic E-state index is -1.00. The van der Waals surface area contributed by atoms with E-state index in [-0.39, 0.29) is 16.8 Å². The van der Waals surface area contributed by atoms with Gasteiger partial charge >= 0.3 is 5.97 Å². The van der Waals surface area contributed by atoms with E-state index in [0.717, 1.165) is 27.9 Å². The number of rotatable bonds is 5. The number of carboxylic acids is 1. The molecule has 0 aromatic carbocycles. The van der Waals surface area contributed by atoms with E-state index in [0.29, 0.717) is 16.3 Å². The Balaban J connectivity index is 1.83. The summed E-state index contributed by atoms with van der Waals surface area (Å²) >= 11 is 2.59. The SMILES string of the molecule is Cc1nc(C(C)NC(=O)c2cc(C)n(-c3nccs3)c2C)sc1C(=O)O. The molecular weight excluding hydrogens is 372 g/mol. The maximum absolute atomic E-state index is 12.7. The Kier molecular flexibility index (Phi) is 4.92. The van der Waals surface area contributed by atoms with Crippen molar-refractivity contribution < 1.29 is 14.7 Å². The zero-order valence-corrected chi connectivity index (χ0v) is 16.4. The van der Waals surface area contributed by atoms with Crippen molar-refractivity contribution in [1.82, 2.24) is 19.9 Å². The summed E-state index contributed by atoms with van der Waals surface area (Å²) in [5, 5.41) is 15.3. The summed E-state index contributed by atoms with van der Waals surface area (Å²) in [5.74, 6) is -1.23. The fourth-order valence-corrected chi connectivity index (χ4v) is 4.41. The highest BCUT2D eigenvalue weighted by atomic mass is 32.1. The van der Waals surface area contributed by atoms with Crippen LogP contribution in [0.3, 0.4) is 0 Å². The summed E-state index contributed by atoms with van der Waals surface area (Å²) in [4.78, 5) is 32.7. The summed E-state index contributed by atoms with van der Waals surface area (Å²) in [6.45, 7) is 7.25. The van der Waals surface area contributed by atoms with Gasteiger partial charge in [0.15, 0.2) is 5.13 Å². The van der Waals surface area contributed by atoms with Crippen molar-refractivity contribution in [3.05, 3.63) is 50.2 Å². The number of aromatic carboxylic acids is 1. The predicted octanol–water partition coefficient (Wildman–Crippen LogP) is 3.50. The molecule has 7 nitrogen and oxygen atoms in total. The first kappa shape index (κ1) is 18.3. The van der Waals surface area contributed by atoms with Crippen molar-refractivity contribution in [3.8, 4) is 5.13 Å². The lowest BCUT2D eigenvalue weighted by molar-refractivity contribution is 0.0701. The molecule has 136 valence electrons. The molecule has 0 saturated carbocycles. The topological polar surface area (TPSA) is 97.1 Å². The van der Waals surface area contributed by atoms with E-state index in [2.05, 4.69) is 15.3 Å². The highest BCUT2D eigenvalue weighted by Crippen LogP contribution is 2.25. The van der Waals surface area contributed by atoms with Gasteiger partial charge in [-0.15, -0.1) is 22.7 Å². The van der Waals surface area contributed by atoms with Crippen molar-refractivity contribution in [2.75, 3.05) is 0 Å². The van der Waals surface area contributed by atoms with E-state index in [1.165, 1.54) is 11.3 Å². The summed E-state index contributed by atoms with van der Waals surface area (Å²) in [6.07, 6.45) is 1.73. The van der Waals surface area contributed by atoms with Crippen LogP contribution >= 0.6 is 22.7 Å². The highest BCUT2D eigenvalue weighted by Gasteiger charge is 2.22. The van der Waals surface area contributed by atoms with Gasteiger partial charge in [-0.05, 0) is 33.8 Å². The number of thiazole rings is 2. The van der Waals surface area contributed by atoms with Gasteiger partial charge in [0.05, 0.1) is 17.3 Å². The van der Waals surface area contributed by atoms with Gasteiger partial charge < -0.3 is 10.4 Å². The minimum Gasteiger partial charge on any atom is -0.477 e. The lowest BCUT2D eigenvalue weighted by atomic mass is 10.2. The Morgan fingerprint density at radius 3 is 2.62 bits per heavy atom. The Morgan fingerprint density at radius 1 is 1.31 bits per heavy atom. The van der Waals surface area contributed by atoms with Crippen LogP contribution in [-0.4, -0.2) is 31.5 Å². The van der Waals surface area contributed by atoms with Gasteiger partial charge in [0.1, 0.15) is 9.88 Å². The Hall–Kier alpha value is -2.52. The van der Waals surface area contributed by atoms with E-state index in [4.69, 9.17) is 5.11 Å². The molecule has 3 aromatic heterocycles. The molecule has 0 fully saturated rings. The van der Waals surface area contributed by atoms with Crippen molar-refractivity contribution in [2.45, 2.75) is 33.7 Å². The fraction of sp³-hybridized carbons (Fsp3) is 0.294. The van der Waals surface area contributed by atoms with Gasteiger partial charge in [0.2, 0.25) is 0 Å². The number of hydrogen-bond acceptors (Lipinski definition) is 6. The molecule has 3 aromatic rings. The average molecular weight is 390 g/mol. The van der Waals surface area contributed by atoms with E-state index < -0.39 is 5.97 Å².